The molecule has 1 aromatic carbocycles. The van der Waals surface area contributed by atoms with Crippen LogP contribution in [0.4, 0.5) is 0 Å². The highest BCUT2D eigenvalue weighted by molar-refractivity contribution is 7.73. The Labute approximate surface area is 178 Å². The monoisotopic (exact) mass is 418 g/mol. The molecule has 0 radical (unpaired) electrons. The lowest BCUT2D eigenvalue weighted by atomic mass is 10.0. The quantitative estimate of drug-likeness (QED) is 0.418. The standard InChI is InChI=1S/C26H44P2/c1-17(2)21-13-14-22(18(3)4)27(21)25-11-9-10-12-26(25)28-23(19(5)6)15-16-24(28)20(7)8/h9-12,17-24H,13-16H2,1-8H3. The Morgan fingerprint density at radius 3 is 1.00 bits per heavy atom. The number of hydrogen-bond donors (Lipinski definition) is 0. The van der Waals surface area contributed by atoms with Gasteiger partial charge in [-0.25, -0.2) is 0 Å². The highest BCUT2D eigenvalue weighted by Gasteiger charge is 2.44. The minimum absolute atomic E-state index is 0.0433. The average molecular weight is 419 g/mol. The Hall–Kier alpha value is 0.0800. The molecule has 4 unspecified atom stereocenters. The largest absolute Gasteiger partial charge is 0.0677 e. The average Bonchev–Trinajstić information content (AvgIpc) is 3.26. The molecule has 2 heteroatoms. The van der Waals surface area contributed by atoms with Crippen LogP contribution in [0.3, 0.4) is 0 Å². The Bertz CT molecular complexity index is 546. The topological polar surface area (TPSA) is 0 Å². The van der Waals surface area contributed by atoms with E-state index in [0.29, 0.717) is 0 Å². The summed E-state index contributed by atoms with van der Waals surface area (Å²) in [7, 11) is -0.0867. The molecule has 1 aromatic rings. The van der Waals surface area contributed by atoms with E-state index in [4.69, 9.17) is 0 Å². The van der Waals surface area contributed by atoms with Crippen LogP contribution in [0.2, 0.25) is 0 Å². The molecule has 0 aromatic heterocycles. The Morgan fingerprint density at radius 1 is 0.536 bits per heavy atom. The van der Waals surface area contributed by atoms with Gasteiger partial charge < -0.3 is 0 Å². The van der Waals surface area contributed by atoms with E-state index in [2.05, 4.69) is 79.7 Å². The summed E-state index contributed by atoms with van der Waals surface area (Å²) in [6.45, 7) is 19.9. The molecule has 0 spiro atoms. The third kappa shape index (κ3) is 4.40. The second-order valence-corrected chi connectivity index (χ2v) is 15.9. The first-order valence-corrected chi connectivity index (χ1v) is 14.9. The normalized spacial score (nSPS) is 33.7. The van der Waals surface area contributed by atoms with E-state index in [0.717, 1.165) is 46.3 Å². The summed E-state index contributed by atoms with van der Waals surface area (Å²) in [4.78, 5) is 0. The molecule has 158 valence electrons. The first-order chi connectivity index (χ1) is 13.2. The van der Waals surface area contributed by atoms with Crippen LogP contribution in [0.25, 0.3) is 0 Å². The molecule has 0 nitrogen and oxygen atoms in total. The van der Waals surface area contributed by atoms with Gasteiger partial charge in [-0.1, -0.05) is 95.5 Å². The summed E-state index contributed by atoms with van der Waals surface area (Å²) in [5.41, 5.74) is 3.71. The molecule has 28 heavy (non-hydrogen) atoms. The molecular weight excluding hydrogens is 374 g/mol. The summed E-state index contributed by atoms with van der Waals surface area (Å²) >= 11 is 0. The van der Waals surface area contributed by atoms with Crippen LogP contribution < -0.4 is 10.6 Å². The van der Waals surface area contributed by atoms with Crippen molar-refractivity contribution in [2.45, 2.75) is 104 Å². The van der Waals surface area contributed by atoms with E-state index >= 15 is 0 Å². The van der Waals surface area contributed by atoms with Gasteiger partial charge >= 0.3 is 0 Å². The molecular formula is C26H44P2. The maximum absolute atomic E-state index is 2.58. The number of hydrogen-bond acceptors (Lipinski definition) is 0. The van der Waals surface area contributed by atoms with Gasteiger partial charge in [0.2, 0.25) is 0 Å². The Morgan fingerprint density at radius 2 is 0.786 bits per heavy atom. The summed E-state index contributed by atoms with van der Waals surface area (Å²) in [6, 6.07) is 9.86. The fourth-order valence-corrected chi connectivity index (χ4v) is 14.5. The highest BCUT2D eigenvalue weighted by Crippen LogP contribution is 2.63. The fourth-order valence-electron chi connectivity index (χ4n) is 5.96. The molecule has 0 saturated carbocycles. The molecule has 0 amide bonds. The van der Waals surface area contributed by atoms with Gasteiger partial charge in [0.25, 0.3) is 0 Å². The van der Waals surface area contributed by atoms with Gasteiger partial charge in [-0.15, -0.1) is 0 Å². The summed E-state index contributed by atoms with van der Waals surface area (Å²) in [5, 5.41) is 3.66. The zero-order valence-electron chi connectivity index (χ0n) is 19.7. The molecule has 3 rings (SSSR count). The van der Waals surface area contributed by atoms with Crippen molar-refractivity contribution >= 4 is 26.5 Å². The van der Waals surface area contributed by atoms with Gasteiger partial charge in [-0.2, -0.15) is 0 Å². The zero-order chi connectivity index (χ0) is 20.6. The van der Waals surface area contributed by atoms with Crippen molar-refractivity contribution in [3.05, 3.63) is 24.3 Å². The number of rotatable bonds is 6. The van der Waals surface area contributed by atoms with Crippen molar-refractivity contribution < 1.29 is 0 Å². The van der Waals surface area contributed by atoms with E-state index in [1.807, 2.05) is 10.6 Å². The maximum atomic E-state index is 2.58. The second kappa shape index (κ2) is 9.48. The number of benzene rings is 1. The van der Waals surface area contributed by atoms with Crippen LogP contribution in [-0.2, 0) is 0 Å². The van der Waals surface area contributed by atoms with Crippen molar-refractivity contribution in [3.8, 4) is 0 Å². The lowest BCUT2D eigenvalue weighted by Crippen LogP contribution is -2.34. The van der Waals surface area contributed by atoms with Crippen molar-refractivity contribution in [1.29, 1.82) is 0 Å². The summed E-state index contributed by atoms with van der Waals surface area (Å²) < 4.78 is 0. The van der Waals surface area contributed by atoms with Gasteiger partial charge in [0.1, 0.15) is 0 Å². The lowest BCUT2D eigenvalue weighted by molar-refractivity contribution is 0.543. The van der Waals surface area contributed by atoms with Crippen LogP contribution >= 0.6 is 15.8 Å². The maximum Gasteiger partial charge on any atom is -0.0143 e. The molecule has 2 saturated heterocycles. The van der Waals surface area contributed by atoms with Crippen LogP contribution in [-0.4, -0.2) is 22.6 Å². The van der Waals surface area contributed by atoms with E-state index < -0.39 is 0 Å². The highest BCUT2D eigenvalue weighted by atomic mass is 31.1. The minimum atomic E-state index is -0.0433. The van der Waals surface area contributed by atoms with Crippen molar-refractivity contribution in [3.63, 3.8) is 0 Å². The Balaban J connectivity index is 2.08. The van der Waals surface area contributed by atoms with E-state index in [1.54, 1.807) is 0 Å². The van der Waals surface area contributed by atoms with Crippen LogP contribution in [0.5, 0.6) is 0 Å². The van der Waals surface area contributed by atoms with E-state index in [9.17, 15) is 0 Å². The lowest BCUT2D eigenvalue weighted by Gasteiger charge is -2.37. The predicted octanol–water partition coefficient (Wildman–Crippen LogP) is 7.59. The van der Waals surface area contributed by atoms with Crippen LogP contribution in [0.1, 0.15) is 81.1 Å². The molecule has 2 fully saturated rings. The third-order valence-electron chi connectivity index (χ3n) is 7.46. The molecule has 0 bridgehead atoms. The molecule has 2 aliphatic rings. The first kappa shape index (κ1) is 22.8. The molecule has 2 aliphatic heterocycles. The zero-order valence-corrected chi connectivity index (χ0v) is 21.4. The molecule has 4 atom stereocenters. The van der Waals surface area contributed by atoms with Gasteiger partial charge in [-0.05, 0) is 82.6 Å². The molecule has 2 heterocycles. The van der Waals surface area contributed by atoms with E-state index in [1.165, 1.54) is 25.7 Å². The summed E-state index contributed by atoms with van der Waals surface area (Å²) in [5.74, 6) is 3.28. The summed E-state index contributed by atoms with van der Waals surface area (Å²) in [6.07, 6.45) is 5.83. The van der Waals surface area contributed by atoms with Crippen LogP contribution in [0, 0.1) is 23.7 Å². The first-order valence-electron chi connectivity index (χ1n) is 11.9. The molecule has 0 aliphatic carbocycles. The van der Waals surface area contributed by atoms with Crippen LogP contribution in [0.15, 0.2) is 24.3 Å². The third-order valence-corrected chi connectivity index (χ3v) is 15.8. The van der Waals surface area contributed by atoms with E-state index in [-0.39, 0.29) is 15.8 Å². The van der Waals surface area contributed by atoms with Gasteiger partial charge in [0.05, 0.1) is 0 Å². The smallest absolute Gasteiger partial charge is 0.0143 e. The van der Waals surface area contributed by atoms with Gasteiger partial charge in [0.15, 0.2) is 0 Å². The molecule has 0 N–H and O–H groups in total. The van der Waals surface area contributed by atoms with Gasteiger partial charge in [0, 0.05) is 0 Å². The van der Waals surface area contributed by atoms with Crippen molar-refractivity contribution in [2.24, 2.45) is 23.7 Å². The van der Waals surface area contributed by atoms with Crippen molar-refractivity contribution in [2.75, 3.05) is 0 Å². The van der Waals surface area contributed by atoms with Gasteiger partial charge in [-0.3, -0.25) is 0 Å². The minimum Gasteiger partial charge on any atom is -0.0677 e. The fraction of sp³-hybridized carbons (Fsp3) is 0.769. The van der Waals surface area contributed by atoms with Crippen molar-refractivity contribution in [1.82, 2.24) is 0 Å². The second-order valence-electron chi connectivity index (χ2n) is 10.7. The predicted molar refractivity (Wildman–Crippen MR) is 133 cm³/mol. The SMILES string of the molecule is CC(C)C1CCC(C(C)C)P1c1ccccc1P1C(C(C)C)CCC1C(C)C. The Kier molecular flexibility index (Phi) is 7.70.